The van der Waals surface area contributed by atoms with Crippen LogP contribution in [0.25, 0.3) is 11.0 Å². The molecular formula is C20H21N3OS. The summed E-state index contributed by atoms with van der Waals surface area (Å²) in [6, 6.07) is 8.12. The second kappa shape index (κ2) is 8.11. The maximum absolute atomic E-state index is 5.87. The van der Waals surface area contributed by atoms with Crippen LogP contribution in [-0.4, -0.2) is 42.1 Å². The minimum Gasteiger partial charge on any atom is -0.476 e. The molecule has 25 heavy (non-hydrogen) atoms. The van der Waals surface area contributed by atoms with Crippen LogP contribution in [0.2, 0.25) is 0 Å². The molecule has 0 fully saturated rings. The second-order valence-electron chi connectivity index (χ2n) is 6.14. The highest BCUT2D eigenvalue weighted by Crippen LogP contribution is 2.21. The van der Waals surface area contributed by atoms with Crippen LogP contribution >= 0.6 is 11.3 Å². The first-order chi connectivity index (χ1) is 12.1. The smallest absolute Gasteiger partial charge is 0.249 e. The number of aromatic nitrogens is 2. The van der Waals surface area contributed by atoms with Crippen LogP contribution in [0, 0.1) is 18.8 Å². The number of nitrogens with zero attached hydrogens (tertiary/aromatic N) is 3. The Hall–Kier alpha value is -2.42. The van der Waals surface area contributed by atoms with Crippen molar-refractivity contribution >= 4 is 22.4 Å². The third kappa shape index (κ3) is 4.79. The standard InChI is InChI=1S/C20H21N3OS/c1-15-5-7-16(8-6-15)9-10-17-20(24-12-4-11-23(2)3)22-19-14-25-13-18(19)21-17/h5-8,13-14H,4,11-12H2,1-3H3. The highest BCUT2D eigenvalue weighted by atomic mass is 32.1. The van der Waals surface area contributed by atoms with Crippen molar-refractivity contribution in [2.24, 2.45) is 0 Å². The Morgan fingerprint density at radius 3 is 2.48 bits per heavy atom. The van der Waals surface area contributed by atoms with Gasteiger partial charge in [-0.15, -0.1) is 11.3 Å². The van der Waals surface area contributed by atoms with Crippen LogP contribution in [0.15, 0.2) is 35.0 Å². The summed E-state index contributed by atoms with van der Waals surface area (Å²) in [5, 5.41) is 3.96. The number of thiophene rings is 1. The van der Waals surface area contributed by atoms with Gasteiger partial charge in [0.05, 0.1) is 6.61 Å². The predicted octanol–water partition coefficient (Wildman–Crippen LogP) is 3.73. The lowest BCUT2D eigenvalue weighted by atomic mass is 10.1. The molecule has 0 aliphatic heterocycles. The van der Waals surface area contributed by atoms with E-state index in [2.05, 4.69) is 59.9 Å². The van der Waals surface area contributed by atoms with Gasteiger partial charge in [-0.3, -0.25) is 0 Å². The summed E-state index contributed by atoms with van der Waals surface area (Å²) in [5.74, 6) is 6.80. The number of aryl methyl sites for hydroxylation is 1. The number of hydrogen-bond donors (Lipinski definition) is 0. The van der Waals surface area contributed by atoms with Crippen LogP contribution in [0.5, 0.6) is 5.88 Å². The maximum atomic E-state index is 5.87. The number of rotatable bonds is 5. The number of hydrogen-bond acceptors (Lipinski definition) is 5. The highest BCUT2D eigenvalue weighted by Gasteiger charge is 2.09. The Morgan fingerprint density at radius 1 is 1.04 bits per heavy atom. The second-order valence-corrected chi connectivity index (χ2v) is 6.88. The first kappa shape index (κ1) is 17.4. The van der Waals surface area contributed by atoms with Crippen molar-refractivity contribution < 1.29 is 4.74 Å². The third-order valence-electron chi connectivity index (χ3n) is 3.64. The van der Waals surface area contributed by atoms with Gasteiger partial charge in [-0.2, -0.15) is 0 Å². The fourth-order valence-corrected chi connectivity index (χ4v) is 2.95. The molecule has 0 N–H and O–H groups in total. The van der Waals surface area contributed by atoms with Gasteiger partial charge in [0.25, 0.3) is 0 Å². The van der Waals surface area contributed by atoms with Gasteiger partial charge in [-0.25, -0.2) is 9.97 Å². The Morgan fingerprint density at radius 2 is 1.76 bits per heavy atom. The number of fused-ring (bicyclic) bond motifs is 1. The van der Waals surface area contributed by atoms with Crippen LogP contribution in [0.3, 0.4) is 0 Å². The molecule has 0 amide bonds. The Labute approximate surface area is 152 Å². The minimum absolute atomic E-state index is 0.518. The molecule has 0 spiro atoms. The summed E-state index contributed by atoms with van der Waals surface area (Å²) in [5.41, 5.74) is 4.48. The fourth-order valence-electron chi connectivity index (χ4n) is 2.28. The van der Waals surface area contributed by atoms with E-state index in [-0.39, 0.29) is 0 Å². The molecule has 0 atom stereocenters. The van der Waals surface area contributed by atoms with Crippen molar-refractivity contribution in [1.82, 2.24) is 14.9 Å². The number of benzene rings is 1. The summed E-state index contributed by atoms with van der Waals surface area (Å²) in [7, 11) is 4.10. The van der Waals surface area contributed by atoms with Crippen molar-refractivity contribution in [1.29, 1.82) is 0 Å². The van der Waals surface area contributed by atoms with E-state index in [9.17, 15) is 0 Å². The van der Waals surface area contributed by atoms with Gasteiger partial charge in [0.2, 0.25) is 5.88 Å². The minimum atomic E-state index is 0.518. The molecule has 5 heteroatoms. The third-order valence-corrected chi connectivity index (χ3v) is 4.36. The lowest BCUT2D eigenvalue weighted by molar-refractivity contribution is 0.272. The molecule has 4 nitrogen and oxygen atoms in total. The summed E-state index contributed by atoms with van der Waals surface area (Å²) >= 11 is 1.58. The van der Waals surface area contributed by atoms with E-state index in [1.807, 2.05) is 22.9 Å². The molecule has 0 saturated carbocycles. The summed E-state index contributed by atoms with van der Waals surface area (Å²) in [6.45, 7) is 3.63. The fraction of sp³-hybridized carbons (Fsp3) is 0.300. The van der Waals surface area contributed by atoms with Crippen molar-refractivity contribution in [2.75, 3.05) is 27.2 Å². The van der Waals surface area contributed by atoms with Crippen molar-refractivity contribution in [2.45, 2.75) is 13.3 Å². The van der Waals surface area contributed by atoms with E-state index in [1.165, 1.54) is 5.56 Å². The zero-order valence-electron chi connectivity index (χ0n) is 14.7. The molecule has 2 aromatic heterocycles. The average molecular weight is 351 g/mol. The molecule has 0 bridgehead atoms. The van der Waals surface area contributed by atoms with E-state index in [0.717, 1.165) is 29.6 Å². The lowest BCUT2D eigenvalue weighted by Crippen LogP contribution is -2.16. The molecule has 1 aromatic carbocycles. The molecule has 0 saturated heterocycles. The molecule has 3 aromatic rings. The van der Waals surface area contributed by atoms with Crippen LogP contribution in [0.4, 0.5) is 0 Å². The molecular weight excluding hydrogens is 330 g/mol. The van der Waals surface area contributed by atoms with Gasteiger partial charge in [0, 0.05) is 22.9 Å². The van der Waals surface area contributed by atoms with Crippen LogP contribution in [0.1, 0.15) is 23.2 Å². The van der Waals surface area contributed by atoms with Crippen molar-refractivity contribution in [3.8, 4) is 17.7 Å². The van der Waals surface area contributed by atoms with Crippen molar-refractivity contribution in [3.05, 3.63) is 51.8 Å². The monoisotopic (exact) mass is 351 g/mol. The van der Waals surface area contributed by atoms with Gasteiger partial charge in [-0.1, -0.05) is 23.6 Å². The summed E-state index contributed by atoms with van der Waals surface area (Å²) < 4.78 is 5.87. The highest BCUT2D eigenvalue weighted by molar-refractivity contribution is 7.09. The summed E-state index contributed by atoms with van der Waals surface area (Å²) in [6.07, 6.45) is 0.932. The normalized spacial score (nSPS) is 10.7. The van der Waals surface area contributed by atoms with Gasteiger partial charge in [0.15, 0.2) is 5.69 Å². The summed E-state index contributed by atoms with van der Waals surface area (Å²) in [4.78, 5) is 11.3. The van der Waals surface area contributed by atoms with Crippen LogP contribution < -0.4 is 4.74 Å². The molecule has 128 valence electrons. The Kier molecular flexibility index (Phi) is 5.64. The maximum Gasteiger partial charge on any atom is 0.249 e. The zero-order chi connectivity index (χ0) is 17.6. The zero-order valence-corrected chi connectivity index (χ0v) is 15.6. The SMILES string of the molecule is Cc1ccc(C#Cc2nc3cscc3nc2OCCCN(C)C)cc1. The van der Waals surface area contributed by atoms with Gasteiger partial charge in [-0.05, 0) is 45.5 Å². The lowest BCUT2D eigenvalue weighted by Gasteiger charge is -2.10. The molecule has 0 aliphatic carbocycles. The van der Waals surface area contributed by atoms with Crippen LogP contribution in [-0.2, 0) is 0 Å². The molecule has 0 aliphatic rings. The van der Waals surface area contributed by atoms with Gasteiger partial charge < -0.3 is 9.64 Å². The van der Waals surface area contributed by atoms with E-state index in [4.69, 9.17) is 4.74 Å². The van der Waals surface area contributed by atoms with Crippen molar-refractivity contribution in [3.63, 3.8) is 0 Å². The van der Waals surface area contributed by atoms with Gasteiger partial charge >= 0.3 is 0 Å². The quantitative estimate of drug-likeness (QED) is 0.519. The number of ether oxygens (including phenoxy) is 1. The molecule has 0 unspecified atom stereocenters. The molecule has 3 rings (SSSR count). The Bertz CT molecular complexity index is 904. The van der Waals surface area contributed by atoms with E-state index in [1.54, 1.807) is 11.3 Å². The first-order valence-corrected chi connectivity index (χ1v) is 9.16. The molecule has 0 radical (unpaired) electrons. The Balaban J connectivity index is 1.84. The predicted molar refractivity (Wildman–Crippen MR) is 103 cm³/mol. The average Bonchev–Trinajstić information content (AvgIpc) is 3.05. The topological polar surface area (TPSA) is 38.3 Å². The van der Waals surface area contributed by atoms with Gasteiger partial charge in [0.1, 0.15) is 11.0 Å². The van der Waals surface area contributed by atoms with E-state index < -0.39 is 0 Å². The van der Waals surface area contributed by atoms with E-state index in [0.29, 0.717) is 18.2 Å². The van der Waals surface area contributed by atoms with E-state index >= 15 is 0 Å². The largest absolute Gasteiger partial charge is 0.476 e. The first-order valence-electron chi connectivity index (χ1n) is 8.22. The molecule has 2 heterocycles.